The molecule has 0 spiro atoms. The fourth-order valence-corrected chi connectivity index (χ4v) is 3.33. The first kappa shape index (κ1) is 23.3. The first-order valence-corrected chi connectivity index (χ1v) is 11.3. The maximum absolute atomic E-state index is 5.79. The number of benzene rings is 1. The summed E-state index contributed by atoms with van der Waals surface area (Å²) in [6, 6.07) is 15.8. The summed E-state index contributed by atoms with van der Waals surface area (Å²) < 4.78 is 11.3. The molecule has 0 bridgehead atoms. The highest BCUT2D eigenvalue weighted by Gasteiger charge is 2.13. The van der Waals surface area contributed by atoms with E-state index in [9.17, 15) is 0 Å². The van der Waals surface area contributed by atoms with Crippen molar-refractivity contribution >= 4 is 5.96 Å². The van der Waals surface area contributed by atoms with Gasteiger partial charge in [-0.1, -0.05) is 37.2 Å². The number of rotatable bonds is 11. The maximum Gasteiger partial charge on any atom is 0.191 e. The number of aromatic nitrogens is 2. The van der Waals surface area contributed by atoms with Crippen molar-refractivity contribution in [2.75, 3.05) is 6.54 Å². The number of hydrogen-bond donors (Lipinski definition) is 2. The molecule has 0 saturated heterocycles. The van der Waals surface area contributed by atoms with E-state index in [0.717, 1.165) is 53.8 Å². The van der Waals surface area contributed by atoms with Crippen LogP contribution in [0, 0.1) is 0 Å². The summed E-state index contributed by atoms with van der Waals surface area (Å²) in [6.45, 7) is 8.73. The third-order valence-electron chi connectivity index (χ3n) is 5.21. The SMILES string of the molecule is CCNC(=NCc1ccc(OCc2ccccn2)cc1)NCc1cc(C(CC)CC)no1. The number of hydrogen-bond acceptors (Lipinski definition) is 5. The van der Waals surface area contributed by atoms with Gasteiger partial charge in [-0.3, -0.25) is 4.98 Å². The van der Waals surface area contributed by atoms with Crippen molar-refractivity contribution < 1.29 is 9.26 Å². The quantitative estimate of drug-likeness (QED) is 0.332. The Balaban J connectivity index is 1.52. The molecule has 0 atom stereocenters. The lowest BCUT2D eigenvalue weighted by molar-refractivity contribution is 0.301. The van der Waals surface area contributed by atoms with E-state index in [1.807, 2.05) is 55.5 Å². The molecule has 2 heterocycles. The van der Waals surface area contributed by atoms with Crippen LogP contribution in [0.2, 0.25) is 0 Å². The third-order valence-corrected chi connectivity index (χ3v) is 5.21. The average Bonchev–Trinajstić information content (AvgIpc) is 3.30. The van der Waals surface area contributed by atoms with E-state index >= 15 is 0 Å². The van der Waals surface area contributed by atoms with Crippen LogP contribution in [0.4, 0.5) is 0 Å². The second kappa shape index (κ2) is 12.5. The van der Waals surface area contributed by atoms with Crippen LogP contribution in [0.1, 0.15) is 62.2 Å². The zero-order chi connectivity index (χ0) is 22.6. The molecule has 0 radical (unpaired) electrons. The van der Waals surface area contributed by atoms with Gasteiger partial charge >= 0.3 is 0 Å². The topological polar surface area (TPSA) is 84.6 Å². The number of nitrogens with zero attached hydrogens (tertiary/aromatic N) is 3. The summed E-state index contributed by atoms with van der Waals surface area (Å²) in [5, 5.41) is 10.8. The molecule has 0 aliphatic carbocycles. The van der Waals surface area contributed by atoms with Gasteiger partial charge < -0.3 is 19.9 Å². The van der Waals surface area contributed by atoms with E-state index in [-0.39, 0.29) is 0 Å². The van der Waals surface area contributed by atoms with Crippen LogP contribution in [-0.2, 0) is 19.7 Å². The molecule has 170 valence electrons. The zero-order valence-electron chi connectivity index (χ0n) is 19.2. The van der Waals surface area contributed by atoms with E-state index in [0.29, 0.717) is 25.6 Å². The largest absolute Gasteiger partial charge is 0.487 e. The van der Waals surface area contributed by atoms with Crippen LogP contribution >= 0.6 is 0 Å². The Morgan fingerprint density at radius 3 is 2.56 bits per heavy atom. The molecule has 7 nitrogen and oxygen atoms in total. The molecule has 0 fully saturated rings. The van der Waals surface area contributed by atoms with Gasteiger partial charge in [0.2, 0.25) is 0 Å². The van der Waals surface area contributed by atoms with Crippen LogP contribution in [0.3, 0.4) is 0 Å². The third kappa shape index (κ3) is 7.11. The second-order valence-corrected chi connectivity index (χ2v) is 7.53. The fourth-order valence-electron chi connectivity index (χ4n) is 3.33. The Kier molecular flexibility index (Phi) is 9.10. The summed E-state index contributed by atoms with van der Waals surface area (Å²) >= 11 is 0. The molecular weight excluding hydrogens is 402 g/mol. The van der Waals surface area contributed by atoms with E-state index in [1.54, 1.807) is 6.20 Å². The van der Waals surface area contributed by atoms with Crippen LogP contribution in [0.15, 0.2) is 64.2 Å². The summed E-state index contributed by atoms with van der Waals surface area (Å²) in [6.07, 6.45) is 3.89. The lowest BCUT2D eigenvalue weighted by atomic mass is 9.99. The second-order valence-electron chi connectivity index (χ2n) is 7.53. The average molecular weight is 436 g/mol. The summed E-state index contributed by atoms with van der Waals surface area (Å²) in [5.74, 6) is 2.81. The predicted octanol–water partition coefficient (Wildman–Crippen LogP) is 4.81. The smallest absolute Gasteiger partial charge is 0.191 e. The molecule has 0 aliphatic heterocycles. The van der Waals surface area contributed by atoms with Gasteiger partial charge in [0, 0.05) is 24.7 Å². The minimum Gasteiger partial charge on any atom is -0.487 e. The van der Waals surface area contributed by atoms with Gasteiger partial charge in [-0.2, -0.15) is 0 Å². The van der Waals surface area contributed by atoms with Gasteiger partial charge in [0.25, 0.3) is 0 Å². The van der Waals surface area contributed by atoms with Crippen molar-refractivity contribution in [3.63, 3.8) is 0 Å². The molecule has 3 rings (SSSR count). The van der Waals surface area contributed by atoms with Crippen molar-refractivity contribution in [2.45, 2.75) is 59.2 Å². The summed E-state index contributed by atoms with van der Waals surface area (Å²) in [5.41, 5.74) is 3.03. The highest BCUT2D eigenvalue weighted by Crippen LogP contribution is 2.22. The Hall–Kier alpha value is -3.35. The standard InChI is InChI=1S/C25H33N5O2/c1-4-20(5-2)24-15-23(32-30-24)17-29-25(26-6-3)28-16-19-10-12-22(13-11-19)31-18-21-9-7-8-14-27-21/h7-15,20H,4-6,16-18H2,1-3H3,(H2,26,28,29). The van der Waals surface area contributed by atoms with E-state index in [2.05, 4.69) is 39.6 Å². The molecular formula is C25H33N5O2. The van der Waals surface area contributed by atoms with Crippen molar-refractivity contribution in [1.29, 1.82) is 0 Å². The number of nitrogens with one attached hydrogen (secondary N) is 2. The molecule has 0 unspecified atom stereocenters. The lowest BCUT2D eigenvalue weighted by Gasteiger charge is -2.10. The molecule has 7 heteroatoms. The monoisotopic (exact) mass is 435 g/mol. The molecule has 2 N–H and O–H groups in total. The fraction of sp³-hybridized carbons (Fsp3) is 0.400. The molecule has 1 aromatic carbocycles. The van der Waals surface area contributed by atoms with Gasteiger partial charge in [-0.25, -0.2) is 4.99 Å². The first-order chi connectivity index (χ1) is 15.7. The van der Waals surface area contributed by atoms with E-state index in [4.69, 9.17) is 9.26 Å². The van der Waals surface area contributed by atoms with Gasteiger partial charge in [0.1, 0.15) is 12.4 Å². The number of ether oxygens (including phenoxy) is 1. The molecule has 0 aliphatic rings. The molecule has 0 amide bonds. The predicted molar refractivity (Wildman–Crippen MR) is 126 cm³/mol. The number of guanidine groups is 1. The Labute approximate surface area is 190 Å². The highest BCUT2D eigenvalue weighted by atomic mass is 16.5. The Morgan fingerprint density at radius 1 is 1.06 bits per heavy atom. The summed E-state index contributed by atoms with van der Waals surface area (Å²) in [4.78, 5) is 8.95. The van der Waals surface area contributed by atoms with E-state index in [1.165, 1.54) is 0 Å². The molecule has 32 heavy (non-hydrogen) atoms. The highest BCUT2D eigenvalue weighted by molar-refractivity contribution is 5.79. The van der Waals surface area contributed by atoms with Crippen molar-refractivity contribution in [2.24, 2.45) is 4.99 Å². The first-order valence-electron chi connectivity index (χ1n) is 11.3. The van der Waals surface area contributed by atoms with Gasteiger partial charge in [-0.05, 0) is 49.6 Å². The maximum atomic E-state index is 5.79. The van der Waals surface area contributed by atoms with Gasteiger partial charge in [0.15, 0.2) is 11.7 Å². The van der Waals surface area contributed by atoms with Gasteiger partial charge in [0.05, 0.1) is 24.5 Å². The normalized spacial score (nSPS) is 11.6. The van der Waals surface area contributed by atoms with Crippen molar-refractivity contribution in [3.05, 3.63) is 77.4 Å². The number of pyridine rings is 1. The van der Waals surface area contributed by atoms with Crippen LogP contribution in [0.25, 0.3) is 0 Å². The zero-order valence-corrected chi connectivity index (χ0v) is 19.2. The lowest BCUT2D eigenvalue weighted by Crippen LogP contribution is -2.36. The molecule has 2 aromatic heterocycles. The number of aliphatic imine (C=N–C) groups is 1. The van der Waals surface area contributed by atoms with Gasteiger partial charge in [-0.15, -0.1) is 0 Å². The molecule has 3 aromatic rings. The van der Waals surface area contributed by atoms with Crippen molar-refractivity contribution in [1.82, 2.24) is 20.8 Å². The summed E-state index contributed by atoms with van der Waals surface area (Å²) in [7, 11) is 0. The van der Waals surface area contributed by atoms with Crippen LogP contribution in [0.5, 0.6) is 5.75 Å². The van der Waals surface area contributed by atoms with Crippen molar-refractivity contribution in [3.8, 4) is 5.75 Å². The van der Waals surface area contributed by atoms with E-state index < -0.39 is 0 Å². The molecule has 0 saturated carbocycles. The minimum absolute atomic E-state index is 0.449. The van der Waals surface area contributed by atoms with Crippen LogP contribution < -0.4 is 15.4 Å². The Bertz CT molecular complexity index is 950. The van der Waals surface area contributed by atoms with Crippen LogP contribution in [-0.4, -0.2) is 22.6 Å². The minimum atomic E-state index is 0.449. The Morgan fingerprint density at radius 2 is 1.88 bits per heavy atom.